The standard InChI is InChI=1S/C13H15N3S/c1-2-11(15-5-1)8-13-16-12(9-17-13)10-3-6-14-7-4-10/h3-4,6-7,9,11,15H,1-2,5,8H2. The molecule has 1 fully saturated rings. The maximum Gasteiger partial charge on any atom is 0.0948 e. The van der Waals surface area contributed by atoms with E-state index >= 15 is 0 Å². The number of nitrogens with zero attached hydrogens (tertiary/aromatic N) is 2. The Kier molecular flexibility index (Phi) is 3.16. The molecule has 0 saturated carbocycles. The molecular weight excluding hydrogens is 230 g/mol. The summed E-state index contributed by atoms with van der Waals surface area (Å²) in [5.74, 6) is 0. The van der Waals surface area contributed by atoms with Crippen LogP contribution in [-0.2, 0) is 6.42 Å². The summed E-state index contributed by atoms with van der Waals surface area (Å²) in [6, 6.07) is 4.64. The van der Waals surface area contributed by atoms with Gasteiger partial charge in [-0.25, -0.2) is 4.98 Å². The van der Waals surface area contributed by atoms with Crippen molar-refractivity contribution in [2.45, 2.75) is 25.3 Å². The molecule has 2 aromatic rings. The van der Waals surface area contributed by atoms with Gasteiger partial charge in [0, 0.05) is 35.8 Å². The summed E-state index contributed by atoms with van der Waals surface area (Å²) in [5.41, 5.74) is 2.23. The molecule has 3 rings (SSSR count). The van der Waals surface area contributed by atoms with Crippen LogP contribution in [0.25, 0.3) is 11.3 Å². The van der Waals surface area contributed by atoms with E-state index in [-0.39, 0.29) is 0 Å². The highest BCUT2D eigenvalue weighted by molar-refractivity contribution is 7.09. The van der Waals surface area contributed by atoms with Gasteiger partial charge in [-0.2, -0.15) is 0 Å². The van der Waals surface area contributed by atoms with E-state index < -0.39 is 0 Å². The highest BCUT2D eigenvalue weighted by atomic mass is 32.1. The van der Waals surface area contributed by atoms with Crippen LogP contribution in [0.1, 0.15) is 17.8 Å². The summed E-state index contributed by atoms with van der Waals surface area (Å²) in [6.45, 7) is 1.16. The van der Waals surface area contributed by atoms with Gasteiger partial charge in [0.1, 0.15) is 0 Å². The summed E-state index contributed by atoms with van der Waals surface area (Å²) >= 11 is 1.76. The third-order valence-electron chi connectivity index (χ3n) is 3.11. The summed E-state index contributed by atoms with van der Waals surface area (Å²) < 4.78 is 0. The van der Waals surface area contributed by atoms with Crippen molar-refractivity contribution in [3.8, 4) is 11.3 Å². The third-order valence-corrected chi connectivity index (χ3v) is 3.98. The minimum atomic E-state index is 0.631. The maximum absolute atomic E-state index is 4.69. The van der Waals surface area contributed by atoms with Crippen LogP contribution < -0.4 is 5.32 Å². The summed E-state index contributed by atoms with van der Waals surface area (Å²) in [4.78, 5) is 8.72. The fraction of sp³-hybridized carbons (Fsp3) is 0.385. The van der Waals surface area contributed by atoms with Crippen molar-refractivity contribution in [1.29, 1.82) is 0 Å². The fourth-order valence-electron chi connectivity index (χ4n) is 2.20. The number of nitrogens with one attached hydrogen (secondary N) is 1. The Morgan fingerprint density at radius 3 is 3.00 bits per heavy atom. The topological polar surface area (TPSA) is 37.8 Å². The Labute approximate surface area is 105 Å². The van der Waals surface area contributed by atoms with Gasteiger partial charge in [-0.05, 0) is 31.5 Å². The molecular formula is C13H15N3S. The molecule has 1 aliphatic rings. The molecule has 0 amide bonds. The second-order valence-electron chi connectivity index (χ2n) is 4.36. The van der Waals surface area contributed by atoms with Crippen LogP contribution >= 0.6 is 11.3 Å². The van der Waals surface area contributed by atoms with Crippen LogP contribution in [0.4, 0.5) is 0 Å². The molecule has 3 heterocycles. The number of thiazole rings is 1. The van der Waals surface area contributed by atoms with Gasteiger partial charge >= 0.3 is 0 Å². The molecule has 3 nitrogen and oxygen atoms in total. The van der Waals surface area contributed by atoms with Gasteiger partial charge in [-0.1, -0.05) is 0 Å². The van der Waals surface area contributed by atoms with Gasteiger partial charge in [-0.3, -0.25) is 4.98 Å². The lowest BCUT2D eigenvalue weighted by atomic mass is 10.2. The molecule has 88 valence electrons. The van der Waals surface area contributed by atoms with Gasteiger partial charge in [0.15, 0.2) is 0 Å². The first-order chi connectivity index (χ1) is 8.42. The number of hydrogen-bond acceptors (Lipinski definition) is 4. The van der Waals surface area contributed by atoms with Crippen molar-refractivity contribution >= 4 is 11.3 Å². The largest absolute Gasteiger partial charge is 0.314 e. The van der Waals surface area contributed by atoms with Gasteiger partial charge in [0.05, 0.1) is 10.7 Å². The van der Waals surface area contributed by atoms with E-state index in [4.69, 9.17) is 4.98 Å². The van der Waals surface area contributed by atoms with Crippen molar-refractivity contribution < 1.29 is 0 Å². The Balaban J connectivity index is 1.74. The Hall–Kier alpha value is -1.26. The SMILES string of the molecule is c1cc(-c2csc(CC3CCCN3)n2)ccn1. The average molecular weight is 245 g/mol. The molecule has 0 radical (unpaired) electrons. The van der Waals surface area contributed by atoms with Crippen molar-refractivity contribution in [2.24, 2.45) is 0 Å². The quantitative estimate of drug-likeness (QED) is 0.903. The minimum absolute atomic E-state index is 0.631. The highest BCUT2D eigenvalue weighted by Crippen LogP contribution is 2.23. The van der Waals surface area contributed by atoms with E-state index in [1.54, 1.807) is 11.3 Å². The Morgan fingerprint density at radius 2 is 2.24 bits per heavy atom. The van der Waals surface area contributed by atoms with E-state index in [9.17, 15) is 0 Å². The molecule has 1 N–H and O–H groups in total. The summed E-state index contributed by atoms with van der Waals surface area (Å²) in [6.07, 6.45) is 7.27. The van der Waals surface area contributed by atoms with E-state index in [0.717, 1.165) is 24.2 Å². The lowest BCUT2D eigenvalue weighted by Gasteiger charge is -2.06. The first-order valence-electron chi connectivity index (χ1n) is 6.00. The maximum atomic E-state index is 4.69. The number of hydrogen-bond donors (Lipinski definition) is 1. The molecule has 2 aromatic heterocycles. The predicted octanol–water partition coefficient (Wildman–Crippen LogP) is 2.50. The number of aromatic nitrogens is 2. The summed E-state index contributed by atoms with van der Waals surface area (Å²) in [5, 5.41) is 6.88. The first kappa shape index (κ1) is 10.9. The van der Waals surface area contributed by atoms with Crippen LogP contribution in [0.5, 0.6) is 0 Å². The minimum Gasteiger partial charge on any atom is -0.314 e. The number of pyridine rings is 1. The van der Waals surface area contributed by atoms with Crippen molar-refractivity contribution in [3.05, 3.63) is 34.9 Å². The van der Waals surface area contributed by atoms with E-state index in [0.29, 0.717) is 6.04 Å². The first-order valence-corrected chi connectivity index (χ1v) is 6.88. The van der Waals surface area contributed by atoms with Crippen molar-refractivity contribution in [1.82, 2.24) is 15.3 Å². The van der Waals surface area contributed by atoms with Gasteiger partial charge in [0.25, 0.3) is 0 Å². The van der Waals surface area contributed by atoms with E-state index in [1.165, 1.54) is 17.8 Å². The monoisotopic (exact) mass is 245 g/mol. The van der Waals surface area contributed by atoms with E-state index in [2.05, 4.69) is 15.7 Å². The zero-order valence-corrected chi connectivity index (χ0v) is 10.4. The molecule has 1 atom stereocenters. The van der Waals surface area contributed by atoms with Crippen LogP contribution in [-0.4, -0.2) is 22.6 Å². The average Bonchev–Trinajstić information content (AvgIpc) is 3.02. The Bertz CT molecular complexity index is 474. The zero-order valence-electron chi connectivity index (χ0n) is 9.60. The van der Waals surface area contributed by atoms with E-state index in [1.807, 2.05) is 24.5 Å². The second-order valence-corrected chi connectivity index (χ2v) is 5.30. The van der Waals surface area contributed by atoms with Crippen molar-refractivity contribution in [2.75, 3.05) is 6.54 Å². The molecule has 0 spiro atoms. The fourth-order valence-corrected chi connectivity index (χ4v) is 3.09. The van der Waals surface area contributed by atoms with Crippen LogP contribution in [0.3, 0.4) is 0 Å². The van der Waals surface area contributed by atoms with Gasteiger partial charge in [0.2, 0.25) is 0 Å². The van der Waals surface area contributed by atoms with Gasteiger partial charge < -0.3 is 5.32 Å². The third kappa shape index (κ3) is 2.53. The van der Waals surface area contributed by atoms with Gasteiger partial charge in [-0.15, -0.1) is 11.3 Å². The number of rotatable bonds is 3. The Morgan fingerprint density at radius 1 is 1.35 bits per heavy atom. The molecule has 4 heteroatoms. The molecule has 0 bridgehead atoms. The molecule has 17 heavy (non-hydrogen) atoms. The van der Waals surface area contributed by atoms with Crippen LogP contribution in [0.15, 0.2) is 29.9 Å². The summed E-state index contributed by atoms with van der Waals surface area (Å²) in [7, 11) is 0. The highest BCUT2D eigenvalue weighted by Gasteiger charge is 2.16. The predicted molar refractivity (Wildman–Crippen MR) is 70.1 cm³/mol. The molecule has 1 saturated heterocycles. The molecule has 1 aliphatic heterocycles. The zero-order chi connectivity index (χ0) is 11.5. The lowest BCUT2D eigenvalue weighted by Crippen LogP contribution is -2.23. The van der Waals surface area contributed by atoms with Crippen LogP contribution in [0, 0.1) is 0 Å². The van der Waals surface area contributed by atoms with Crippen molar-refractivity contribution in [3.63, 3.8) is 0 Å². The van der Waals surface area contributed by atoms with Crippen LogP contribution in [0.2, 0.25) is 0 Å². The lowest BCUT2D eigenvalue weighted by molar-refractivity contribution is 0.601. The molecule has 0 aromatic carbocycles. The smallest absolute Gasteiger partial charge is 0.0948 e. The second kappa shape index (κ2) is 4.94. The normalized spacial score (nSPS) is 19.6. The molecule has 0 aliphatic carbocycles. The molecule has 1 unspecified atom stereocenters.